The molecule has 0 spiro atoms. The Kier molecular flexibility index (Phi) is 4.16. The average molecular weight is 347 g/mol. The number of anilines is 1. The fourth-order valence-electron chi connectivity index (χ4n) is 3.45. The molecule has 1 heterocycles. The highest BCUT2D eigenvalue weighted by atomic mass is 16.5. The van der Waals surface area contributed by atoms with E-state index in [1.165, 1.54) is 5.56 Å². The standard InChI is InChI=1S/C20H21N5O/c1-26-16-9-5-8-15-17(16)23-20(22)25-19(15)24-18(21)14-10-13(11-14)12-6-3-2-4-7-12/h2-9,13-14H,10-11H2,1H3,(H4,21,22,23,24,25). The molecule has 0 radical (unpaired) electrons. The number of fused-ring (bicyclic) bond motifs is 1. The van der Waals surface area contributed by atoms with Crippen molar-refractivity contribution in [1.29, 1.82) is 0 Å². The van der Waals surface area contributed by atoms with E-state index in [2.05, 4.69) is 39.2 Å². The van der Waals surface area contributed by atoms with E-state index in [-0.39, 0.29) is 11.9 Å². The van der Waals surface area contributed by atoms with E-state index in [0.29, 0.717) is 28.8 Å². The number of nitrogen functional groups attached to an aromatic ring is 1. The van der Waals surface area contributed by atoms with Gasteiger partial charge >= 0.3 is 0 Å². The van der Waals surface area contributed by atoms with Gasteiger partial charge in [-0.1, -0.05) is 36.4 Å². The van der Waals surface area contributed by atoms with Gasteiger partial charge in [0, 0.05) is 11.3 Å². The summed E-state index contributed by atoms with van der Waals surface area (Å²) in [6.07, 6.45) is 2.00. The van der Waals surface area contributed by atoms with Crippen LogP contribution in [0.25, 0.3) is 10.9 Å². The van der Waals surface area contributed by atoms with Gasteiger partial charge in [-0.15, -0.1) is 0 Å². The van der Waals surface area contributed by atoms with Crippen LogP contribution in [-0.4, -0.2) is 22.9 Å². The maximum Gasteiger partial charge on any atom is 0.222 e. The largest absolute Gasteiger partial charge is 0.494 e. The highest BCUT2D eigenvalue weighted by Crippen LogP contribution is 2.42. The van der Waals surface area contributed by atoms with E-state index in [9.17, 15) is 0 Å². The van der Waals surface area contributed by atoms with Gasteiger partial charge < -0.3 is 16.2 Å². The van der Waals surface area contributed by atoms with Crippen LogP contribution in [0.3, 0.4) is 0 Å². The summed E-state index contributed by atoms with van der Waals surface area (Å²) in [5.74, 6) is 2.69. The molecule has 4 N–H and O–H groups in total. The van der Waals surface area contributed by atoms with Gasteiger partial charge in [0.05, 0.1) is 7.11 Å². The van der Waals surface area contributed by atoms with Gasteiger partial charge in [0.25, 0.3) is 0 Å². The first-order chi connectivity index (χ1) is 12.7. The van der Waals surface area contributed by atoms with Crippen molar-refractivity contribution in [2.24, 2.45) is 16.6 Å². The molecule has 6 nitrogen and oxygen atoms in total. The molecular weight excluding hydrogens is 326 g/mol. The SMILES string of the molecule is COc1cccc2c(N=C(N)C3CC(c4ccccc4)C3)nc(N)nc12. The van der Waals surface area contributed by atoms with Crippen molar-refractivity contribution < 1.29 is 4.74 Å². The lowest BCUT2D eigenvalue weighted by molar-refractivity contribution is 0.342. The fourth-order valence-corrected chi connectivity index (χ4v) is 3.45. The summed E-state index contributed by atoms with van der Waals surface area (Å²) in [4.78, 5) is 13.1. The van der Waals surface area contributed by atoms with Crippen molar-refractivity contribution in [2.75, 3.05) is 12.8 Å². The van der Waals surface area contributed by atoms with Gasteiger partial charge in [0.1, 0.15) is 17.1 Å². The summed E-state index contributed by atoms with van der Waals surface area (Å²) in [5.41, 5.74) is 14.1. The lowest BCUT2D eigenvalue weighted by atomic mass is 9.71. The zero-order valence-electron chi connectivity index (χ0n) is 14.6. The van der Waals surface area contributed by atoms with E-state index in [4.69, 9.17) is 16.2 Å². The molecule has 132 valence electrons. The van der Waals surface area contributed by atoms with Crippen LogP contribution in [0.5, 0.6) is 5.75 Å². The Balaban J connectivity index is 1.61. The smallest absolute Gasteiger partial charge is 0.222 e. The molecule has 1 saturated carbocycles. The molecular formula is C20H21N5O. The summed E-state index contributed by atoms with van der Waals surface area (Å²) in [7, 11) is 1.60. The molecule has 1 aromatic heterocycles. The molecule has 1 aliphatic carbocycles. The molecule has 0 atom stereocenters. The molecule has 4 rings (SSSR count). The normalized spacial score (nSPS) is 20.0. The minimum Gasteiger partial charge on any atom is -0.494 e. The Labute approximate surface area is 151 Å². The fraction of sp³-hybridized carbons (Fsp3) is 0.250. The lowest BCUT2D eigenvalue weighted by Gasteiger charge is -2.35. The van der Waals surface area contributed by atoms with Crippen LogP contribution in [-0.2, 0) is 0 Å². The molecule has 2 aromatic carbocycles. The Bertz CT molecular complexity index is 965. The van der Waals surface area contributed by atoms with Crippen molar-refractivity contribution in [3.63, 3.8) is 0 Å². The summed E-state index contributed by atoms with van der Waals surface area (Å²) in [6.45, 7) is 0. The molecule has 0 unspecified atom stereocenters. The number of nitrogens with two attached hydrogens (primary N) is 2. The molecule has 3 aromatic rings. The zero-order valence-corrected chi connectivity index (χ0v) is 14.6. The van der Waals surface area contributed by atoms with Crippen LogP contribution in [0.4, 0.5) is 11.8 Å². The molecule has 1 aliphatic rings. The molecule has 0 aliphatic heterocycles. The second-order valence-corrected chi connectivity index (χ2v) is 6.57. The molecule has 6 heteroatoms. The van der Waals surface area contributed by atoms with Crippen molar-refractivity contribution in [1.82, 2.24) is 9.97 Å². The number of benzene rings is 2. The van der Waals surface area contributed by atoms with Gasteiger partial charge in [0.15, 0.2) is 5.82 Å². The van der Waals surface area contributed by atoms with Crippen LogP contribution in [0.1, 0.15) is 24.3 Å². The van der Waals surface area contributed by atoms with Crippen LogP contribution < -0.4 is 16.2 Å². The first kappa shape index (κ1) is 16.3. The maximum absolute atomic E-state index is 6.28. The average Bonchev–Trinajstić information content (AvgIpc) is 2.61. The second kappa shape index (κ2) is 6.63. The van der Waals surface area contributed by atoms with Crippen molar-refractivity contribution in [2.45, 2.75) is 18.8 Å². The van der Waals surface area contributed by atoms with E-state index < -0.39 is 0 Å². The molecule has 1 fully saturated rings. The van der Waals surface area contributed by atoms with E-state index in [1.54, 1.807) is 7.11 Å². The number of hydrogen-bond donors (Lipinski definition) is 2. The van der Waals surface area contributed by atoms with Crippen molar-refractivity contribution >= 4 is 28.5 Å². The number of aliphatic imine (C=N–C) groups is 1. The Morgan fingerprint density at radius 3 is 2.58 bits per heavy atom. The Hall–Kier alpha value is -3.15. The summed E-state index contributed by atoms with van der Waals surface area (Å²) < 4.78 is 5.36. The monoisotopic (exact) mass is 347 g/mol. The number of para-hydroxylation sites is 1. The third-order valence-corrected chi connectivity index (χ3v) is 4.97. The summed E-state index contributed by atoms with van der Waals surface area (Å²) >= 11 is 0. The quantitative estimate of drug-likeness (QED) is 0.556. The second-order valence-electron chi connectivity index (χ2n) is 6.57. The van der Waals surface area contributed by atoms with E-state index in [0.717, 1.165) is 18.2 Å². The van der Waals surface area contributed by atoms with Crippen LogP contribution >= 0.6 is 0 Å². The number of rotatable bonds is 4. The van der Waals surface area contributed by atoms with Crippen LogP contribution in [0.2, 0.25) is 0 Å². The predicted octanol–water partition coefficient (Wildman–Crippen LogP) is 3.40. The Morgan fingerprint density at radius 2 is 1.85 bits per heavy atom. The molecule has 0 saturated heterocycles. The van der Waals surface area contributed by atoms with E-state index >= 15 is 0 Å². The van der Waals surface area contributed by atoms with Crippen LogP contribution in [0.15, 0.2) is 53.5 Å². The highest BCUT2D eigenvalue weighted by Gasteiger charge is 2.32. The van der Waals surface area contributed by atoms with Gasteiger partial charge in [-0.2, -0.15) is 4.98 Å². The van der Waals surface area contributed by atoms with Crippen LogP contribution in [0, 0.1) is 5.92 Å². The number of aromatic nitrogens is 2. The maximum atomic E-state index is 6.28. The first-order valence-corrected chi connectivity index (χ1v) is 8.65. The lowest BCUT2D eigenvalue weighted by Crippen LogP contribution is -2.34. The number of nitrogens with zero attached hydrogens (tertiary/aromatic N) is 3. The third-order valence-electron chi connectivity index (χ3n) is 4.97. The number of hydrogen-bond acceptors (Lipinski definition) is 5. The van der Waals surface area contributed by atoms with Gasteiger partial charge in [-0.05, 0) is 36.5 Å². The number of amidine groups is 1. The van der Waals surface area contributed by atoms with Gasteiger partial charge in [-0.25, -0.2) is 9.98 Å². The highest BCUT2D eigenvalue weighted by molar-refractivity contribution is 5.96. The molecule has 0 amide bonds. The van der Waals surface area contributed by atoms with Gasteiger partial charge in [-0.3, -0.25) is 0 Å². The minimum absolute atomic E-state index is 0.157. The Morgan fingerprint density at radius 1 is 1.08 bits per heavy atom. The predicted molar refractivity (Wildman–Crippen MR) is 104 cm³/mol. The number of ether oxygens (including phenoxy) is 1. The van der Waals surface area contributed by atoms with Crippen molar-refractivity contribution in [3.05, 3.63) is 54.1 Å². The first-order valence-electron chi connectivity index (χ1n) is 8.65. The minimum atomic E-state index is 0.157. The van der Waals surface area contributed by atoms with Crippen molar-refractivity contribution in [3.8, 4) is 5.75 Å². The number of methoxy groups -OCH3 is 1. The zero-order chi connectivity index (χ0) is 18.1. The van der Waals surface area contributed by atoms with E-state index in [1.807, 2.05) is 24.3 Å². The van der Waals surface area contributed by atoms with Gasteiger partial charge in [0.2, 0.25) is 5.95 Å². The third kappa shape index (κ3) is 2.94. The molecule has 26 heavy (non-hydrogen) atoms. The molecule has 0 bridgehead atoms. The topological polar surface area (TPSA) is 99.4 Å². The summed E-state index contributed by atoms with van der Waals surface area (Å²) in [5, 5.41) is 0.778. The summed E-state index contributed by atoms with van der Waals surface area (Å²) in [6, 6.07) is 16.1.